The molecular weight excluding hydrogens is 440 g/mol. The van der Waals surface area contributed by atoms with Crippen LogP contribution in [0.2, 0.25) is 0 Å². The SMILES string of the molecule is COc1ccc(Cn2c(=S)[nH]c3cc(C(=O)NCCC[NH+]4CCOCC4)ccc3c2=O)cc1. The van der Waals surface area contributed by atoms with Crippen LogP contribution in [0.4, 0.5) is 0 Å². The molecule has 0 unspecified atom stereocenters. The van der Waals surface area contributed by atoms with Crippen LogP contribution < -0.4 is 20.5 Å². The van der Waals surface area contributed by atoms with Gasteiger partial charge >= 0.3 is 0 Å². The first-order valence-corrected chi connectivity index (χ1v) is 11.6. The van der Waals surface area contributed by atoms with Crippen molar-refractivity contribution in [3.63, 3.8) is 0 Å². The average molecular weight is 470 g/mol. The molecule has 1 aliphatic heterocycles. The van der Waals surface area contributed by atoms with Gasteiger partial charge in [0.25, 0.3) is 11.5 Å². The zero-order valence-corrected chi connectivity index (χ0v) is 19.5. The number of aromatic amines is 1. The van der Waals surface area contributed by atoms with Crippen molar-refractivity contribution in [2.45, 2.75) is 13.0 Å². The normalized spacial score (nSPS) is 14.3. The molecule has 0 radical (unpaired) electrons. The van der Waals surface area contributed by atoms with E-state index >= 15 is 0 Å². The van der Waals surface area contributed by atoms with Crippen LogP contribution >= 0.6 is 12.2 Å². The molecule has 9 heteroatoms. The Morgan fingerprint density at radius 1 is 1.21 bits per heavy atom. The fourth-order valence-electron chi connectivity index (χ4n) is 4.01. The Labute approximate surface area is 197 Å². The zero-order chi connectivity index (χ0) is 23.2. The summed E-state index contributed by atoms with van der Waals surface area (Å²) in [6.45, 7) is 5.63. The van der Waals surface area contributed by atoms with Crippen LogP contribution in [0.5, 0.6) is 5.75 Å². The summed E-state index contributed by atoms with van der Waals surface area (Å²) in [5, 5.41) is 3.46. The van der Waals surface area contributed by atoms with Crippen LogP contribution in [-0.4, -0.2) is 62.0 Å². The third-order valence-electron chi connectivity index (χ3n) is 5.94. The summed E-state index contributed by atoms with van der Waals surface area (Å²) in [6.07, 6.45) is 0.910. The van der Waals surface area contributed by atoms with Gasteiger partial charge in [0.2, 0.25) is 0 Å². The Morgan fingerprint density at radius 2 is 1.97 bits per heavy atom. The van der Waals surface area contributed by atoms with Gasteiger partial charge in [-0.3, -0.25) is 14.2 Å². The lowest BCUT2D eigenvalue weighted by Gasteiger charge is -2.23. The first-order valence-electron chi connectivity index (χ1n) is 11.1. The van der Waals surface area contributed by atoms with Crippen molar-refractivity contribution < 1.29 is 19.2 Å². The highest BCUT2D eigenvalue weighted by molar-refractivity contribution is 7.71. The fraction of sp³-hybridized carbons (Fsp3) is 0.375. The molecule has 0 saturated carbocycles. The fourth-order valence-corrected chi connectivity index (χ4v) is 4.26. The summed E-state index contributed by atoms with van der Waals surface area (Å²) >= 11 is 5.44. The largest absolute Gasteiger partial charge is 0.497 e. The summed E-state index contributed by atoms with van der Waals surface area (Å²) < 4.78 is 12.4. The lowest BCUT2D eigenvalue weighted by Crippen LogP contribution is -3.14. The van der Waals surface area contributed by atoms with Crippen molar-refractivity contribution in [3.8, 4) is 5.75 Å². The second-order valence-corrected chi connectivity index (χ2v) is 8.54. The van der Waals surface area contributed by atoms with E-state index < -0.39 is 0 Å². The van der Waals surface area contributed by atoms with E-state index in [2.05, 4.69) is 10.3 Å². The Kier molecular flexibility index (Phi) is 7.54. The Bertz CT molecular complexity index is 1230. The molecular formula is C24H29N4O4S+. The number of nitrogens with one attached hydrogen (secondary N) is 3. The smallest absolute Gasteiger partial charge is 0.262 e. The number of carbonyl (C=O) groups is 1. The van der Waals surface area contributed by atoms with Crippen molar-refractivity contribution >= 4 is 29.0 Å². The van der Waals surface area contributed by atoms with Crippen LogP contribution in [0.1, 0.15) is 22.3 Å². The minimum Gasteiger partial charge on any atom is -0.497 e. The van der Waals surface area contributed by atoms with Gasteiger partial charge in [0.1, 0.15) is 18.8 Å². The predicted octanol–water partition coefficient (Wildman–Crippen LogP) is 1.15. The summed E-state index contributed by atoms with van der Waals surface area (Å²) in [4.78, 5) is 30.3. The van der Waals surface area contributed by atoms with Crippen molar-refractivity contribution in [3.05, 3.63) is 68.7 Å². The number of benzene rings is 2. The number of carbonyl (C=O) groups excluding carboxylic acids is 1. The van der Waals surface area contributed by atoms with E-state index in [9.17, 15) is 9.59 Å². The number of aromatic nitrogens is 2. The van der Waals surface area contributed by atoms with Gasteiger partial charge < -0.3 is 24.7 Å². The number of ether oxygens (including phenoxy) is 2. The van der Waals surface area contributed by atoms with Gasteiger partial charge in [0.05, 0.1) is 44.3 Å². The van der Waals surface area contributed by atoms with Crippen molar-refractivity contribution in [2.75, 3.05) is 46.5 Å². The molecule has 1 aromatic heterocycles. The first kappa shape index (κ1) is 23.2. The van der Waals surface area contributed by atoms with Gasteiger partial charge in [-0.2, -0.15) is 0 Å². The van der Waals surface area contributed by atoms with E-state index in [1.807, 2.05) is 24.3 Å². The maximum Gasteiger partial charge on any atom is 0.262 e. The second-order valence-electron chi connectivity index (χ2n) is 8.15. The number of methoxy groups -OCH3 is 1. The number of fused-ring (bicyclic) bond motifs is 1. The maximum atomic E-state index is 13.1. The standard InChI is InChI=1S/C24H28N4O4S/c1-31-19-6-3-17(4-7-19)16-28-23(30)20-8-5-18(15-21(20)26-24(28)33)22(29)25-9-2-10-27-11-13-32-14-12-27/h3-8,15H,2,9-14,16H2,1H3,(H,25,29)(H,26,33)/p+1. The van der Waals surface area contributed by atoms with E-state index in [0.717, 1.165) is 50.6 Å². The third kappa shape index (κ3) is 5.68. The van der Waals surface area contributed by atoms with E-state index in [-0.39, 0.29) is 11.5 Å². The topological polar surface area (TPSA) is 89.8 Å². The summed E-state index contributed by atoms with van der Waals surface area (Å²) in [5.74, 6) is 0.596. The van der Waals surface area contributed by atoms with Crippen molar-refractivity contribution in [1.29, 1.82) is 0 Å². The number of amides is 1. The lowest BCUT2D eigenvalue weighted by molar-refractivity contribution is -0.908. The molecule has 0 spiro atoms. The minimum absolute atomic E-state index is 0.157. The molecule has 0 aliphatic carbocycles. The number of hydrogen-bond acceptors (Lipinski definition) is 5. The quantitative estimate of drug-likeness (QED) is 0.340. The van der Waals surface area contributed by atoms with E-state index in [0.29, 0.717) is 34.3 Å². The Balaban J connectivity index is 1.43. The molecule has 4 rings (SSSR count). The van der Waals surface area contributed by atoms with Gasteiger partial charge in [-0.25, -0.2) is 0 Å². The molecule has 1 aliphatic rings. The molecule has 0 atom stereocenters. The molecule has 2 heterocycles. The summed E-state index contributed by atoms with van der Waals surface area (Å²) in [7, 11) is 1.61. The molecule has 2 aromatic carbocycles. The zero-order valence-electron chi connectivity index (χ0n) is 18.7. The molecule has 1 amide bonds. The number of quaternary nitrogens is 1. The highest BCUT2D eigenvalue weighted by atomic mass is 32.1. The van der Waals surface area contributed by atoms with Crippen molar-refractivity contribution in [2.24, 2.45) is 0 Å². The van der Waals surface area contributed by atoms with E-state index in [1.54, 1.807) is 25.3 Å². The first-order chi connectivity index (χ1) is 16.0. The molecule has 1 fully saturated rings. The molecule has 3 aromatic rings. The maximum absolute atomic E-state index is 13.1. The highest BCUT2D eigenvalue weighted by Gasteiger charge is 2.14. The third-order valence-corrected chi connectivity index (χ3v) is 6.26. The van der Waals surface area contributed by atoms with Gasteiger partial charge in [-0.1, -0.05) is 12.1 Å². The van der Waals surface area contributed by atoms with E-state index in [1.165, 1.54) is 9.47 Å². The molecule has 174 valence electrons. The van der Waals surface area contributed by atoms with E-state index in [4.69, 9.17) is 21.7 Å². The predicted molar refractivity (Wildman–Crippen MR) is 129 cm³/mol. The minimum atomic E-state index is -0.190. The summed E-state index contributed by atoms with van der Waals surface area (Å²) in [5.41, 5.74) is 1.80. The monoisotopic (exact) mass is 469 g/mol. The number of rotatable bonds is 8. The number of hydrogen-bond donors (Lipinski definition) is 3. The van der Waals surface area contributed by atoms with Gasteiger partial charge in [0, 0.05) is 18.5 Å². The summed E-state index contributed by atoms with van der Waals surface area (Å²) in [6, 6.07) is 12.5. The van der Waals surface area contributed by atoms with Crippen LogP contribution in [-0.2, 0) is 11.3 Å². The molecule has 33 heavy (non-hydrogen) atoms. The number of H-pyrrole nitrogens is 1. The Morgan fingerprint density at radius 3 is 2.70 bits per heavy atom. The molecule has 0 bridgehead atoms. The average Bonchev–Trinajstić information content (AvgIpc) is 2.85. The Hall–Kier alpha value is -3.01. The van der Waals surface area contributed by atoms with Crippen LogP contribution in [0.15, 0.2) is 47.3 Å². The highest BCUT2D eigenvalue weighted by Crippen LogP contribution is 2.14. The lowest BCUT2D eigenvalue weighted by atomic mass is 10.1. The number of morpholine rings is 1. The van der Waals surface area contributed by atoms with Crippen LogP contribution in [0, 0.1) is 4.77 Å². The second kappa shape index (κ2) is 10.7. The van der Waals surface area contributed by atoms with Crippen LogP contribution in [0.3, 0.4) is 0 Å². The van der Waals surface area contributed by atoms with Crippen molar-refractivity contribution in [1.82, 2.24) is 14.9 Å². The van der Waals surface area contributed by atoms with Gasteiger partial charge in [-0.15, -0.1) is 0 Å². The van der Waals surface area contributed by atoms with Gasteiger partial charge in [-0.05, 0) is 48.1 Å². The molecule has 3 N–H and O–H groups in total. The molecule has 8 nitrogen and oxygen atoms in total. The number of nitrogens with zero attached hydrogens (tertiary/aromatic N) is 1. The van der Waals surface area contributed by atoms with Gasteiger partial charge in [0.15, 0.2) is 4.77 Å². The van der Waals surface area contributed by atoms with Crippen LogP contribution in [0.25, 0.3) is 10.9 Å². The molecule has 1 saturated heterocycles.